The summed E-state index contributed by atoms with van der Waals surface area (Å²) in [5.41, 5.74) is 1.16. The zero-order valence-corrected chi connectivity index (χ0v) is 14.1. The van der Waals surface area contributed by atoms with E-state index in [0.717, 1.165) is 36.1 Å². The topological polar surface area (TPSA) is 45.2 Å². The number of unbranched alkanes of at least 4 members (excludes halogenated alkanes) is 1. The molecule has 1 aliphatic heterocycles. The van der Waals surface area contributed by atoms with Gasteiger partial charge in [-0.3, -0.25) is 4.79 Å². The van der Waals surface area contributed by atoms with Crippen LogP contribution in [0, 0.1) is 0 Å². The minimum Gasteiger partial charge on any atom is -0.301 e. The molecule has 1 atom stereocenters. The van der Waals surface area contributed by atoms with Crippen molar-refractivity contribution in [3.05, 3.63) is 10.6 Å². The van der Waals surface area contributed by atoms with Gasteiger partial charge in [0.1, 0.15) is 0 Å². The molecule has 0 saturated heterocycles. The highest BCUT2D eigenvalue weighted by atomic mass is 32.2. The van der Waals surface area contributed by atoms with Gasteiger partial charge in [0.15, 0.2) is 5.13 Å². The average Bonchev–Trinajstić information content (AvgIpc) is 2.80. The number of hydrogen-bond donors (Lipinski definition) is 1. The Morgan fingerprint density at radius 2 is 2.40 bits per heavy atom. The lowest BCUT2D eigenvalue weighted by Gasteiger charge is -2.20. The summed E-state index contributed by atoms with van der Waals surface area (Å²) in [7, 11) is 2.12. The van der Waals surface area contributed by atoms with Gasteiger partial charge in [-0.2, -0.15) is 0 Å². The van der Waals surface area contributed by atoms with Crippen LogP contribution in [-0.4, -0.2) is 40.4 Å². The van der Waals surface area contributed by atoms with E-state index in [0.29, 0.717) is 0 Å². The SMILES string of the molecule is CCCCSC(C)C(=O)Nc1nc2c(s1)CN(C)CC2. The standard InChI is InChI=1S/C14H23N3OS2/c1-4-5-8-19-10(2)13(18)16-14-15-11-6-7-17(3)9-12(11)20-14/h10H,4-9H2,1-3H3,(H,15,16,18). The monoisotopic (exact) mass is 313 g/mol. The van der Waals surface area contributed by atoms with Crippen molar-refractivity contribution in [2.24, 2.45) is 0 Å². The molecule has 1 N–H and O–H groups in total. The highest BCUT2D eigenvalue weighted by Crippen LogP contribution is 2.28. The van der Waals surface area contributed by atoms with Crippen LogP contribution < -0.4 is 5.32 Å². The lowest BCUT2D eigenvalue weighted by molar-refractivity contribution is -0.115. The Labute approximate surface area is 129 Å². The molecule has 1 aromatic heterocycles. The summed E-state index contributed by atoms with van der Waals surface area (Å²) < 4.78 is 0. The first-order chi connectivity index (χ1) is 9.60. The minimum atomic E-state index is -0.00912. The Kier molecular flexibility index (Phi) is 5.86. The summed E-state index contributed by atoms with van der Waals surface area (Å²) in [6, 6.07) is 0. The van der Waals surface area contributed by atoms with E-state index in [4.69, 9.17) is 0 Å². The van der Waals surface area contributed by atoms with Crippen molar-refractivity contribution >= 4 is 34.1 Å². The van der Waals surface area contributed by atoms with Crippen LogP contribution in [0.2, 0.25) is 0 Å². The summed E-state index contributed by atoms with van der Waals surface area (Å²) in [6.07, 6.45) is 3.33. The fraction of sp³-hybridized carbons (Fsp3) is 0.714. The molecule has 6 heteroatoms. The molecule has 0 saturated carbocycles. The maximum absolute atomic E-state index is 12.1. The molecule has 1 unspecified atom stereocenters. The fourth-order valence-electron chi connectivity index (χ4n) is 2.06. The van der Waals surface area contributed by atoms with E-state index in [9.17, 15) is 4.79 Å². The van der Waals surface area contributed by atoms with E-state index < -0.39 is 0 Å². The molecule has 0 aromatic carbocycles. The number of nitrogens with one attached hydrogen (secondary N) is 1. The first-order valence-electron chi connectivity index (χ1n) is 7.19. The molecule has 2 heterocycles. The number of aromatic nitrogens is 1. The lowest BCUT2D eigenvalue weighted by Crippen LogP contribution is -2.25. The van der Waals surface area contributed by atoms with E-state index in [2.05, 4.69) is 29.2 Å². The summed E-state index contributed by atoms with van der Waals surface area (Å²) in [5.74, 6) is 1.12. The number of hydrogen-bond acceptors (Lipinski definition) is 5. The van der Waals surface area contributed by atoms with Gasteiger partial charge in [-0.15, -0.1) is 23.1 Å². The van der Waals surface area contributed by atoms with Crippen LogP contribution in [0.3, 0.4) is 0 Å². The molecule has 0 fully saturated rings. The zero-order chi connectivity index (χ0) is 14.5. The van der Waals surface area contributed by atoms with Crippen LogP contribution in [0.1, 0.15) is 37.3 Å². The fourth-order valence-corrected chi connectivity index (χ4v) is 4.17. The number of anilines is 1. The number of carbonyl (C=O) groups is 1. The second-order valence-corrected chi connectivity index (χ2v) is 7.76. The molecule has 0 aliphatic carbocycles. The predicted molar refractivity (Wildman–Crippen MR) is 87.6 cm³/mol. The molecular weight excluding hydrogens is 290 g/mol. The Bertz CT molecular complexity index is 461. The third-order valence-electron chi connectivity index (χ3n) is 3.39. The van der Waals surface area contributed by atoms with Crippen LogP contribution in [0.15, 0.2) is 0 Å². The largest absolute Gasteiger partial charge is 0.301 e. The van der Waals surface area contributed by atoms with Crippen LogP contribution in [0.5, 0.6) is 0 Å². The number of carbonyl (C=O) groups excluding carboxylic acids is 1. The second-order valence-electron chi connectivity index (χ2n) is 5.23. The van der Waals surface area contributed by atoms with Gasteiger partial charge in [0.05, 0.1) is 10.9 Å². The quantitative estimate of drug-likeness (QED) is 0.820. The van der Waals surface area contributed by atoms with Gasteiger partial charge in [0, 0.05) is 24.4 Å². The number of nitrogens with zero attached hydrogens (tertiary/aromatic N) is 2. The number of rotatable bonds is 6. The Morgan fingerprint density at radius 3 is 3.15 bits per heavy atom. The summed E-state index contributed by atoms with van der Waals surface area (Å²) in [6.45, 7) is 6.14. The van der Waals surface area contributed by atoms with Crippen LogP contribution in [-0.2, 0) is 17.8 Å². The molecule has 112 valence electrons. The third kappa shape index (κ3) is 4.20. The van der Waals surface area contributed by atoms with Crippen molar-refractivity contribution in [2.45, 2.75) is 44.9 Å². The van der Waals surface area contributed by atoms with Crippen molar-refractivity contribution in [1.82, 2.24) is 9.88 Å². The smallest absolute Gasteiger partial charge is 0.238 e. The van der Waals surface area contributed by atoms with Gasteiger partial charge < -0.3 is 10.2 Å². The second kappa shape index (κ2) is 7.43. The maximum Gasteiger partial charge on any atom is 0.238 e. The van der Waals surface area contributed by atoms with Gasteiger partial charge in [-0.1, -0.05) is 13.3 Å². The molecule has 1 aromatic rings. The van der Waals surface area contributed by atoms with Crippen molar-refractivity contribution in [1.29, 1.82) is 0 Å². The van der Waals surface area contributed by atoms with Gasteiger partial charge >= 0.3 is 0 Å². The molecule has 1 amide bonds. The predicted octanol–water partition coefficient (Wildman–Crippen LogP) is 2.99. The van der Waals surface area contributed by atoms with Gasteiger partial charge in [0.25, 0.3) is 0 Å². The van der Waals surface area contributed by atoms with E-state index >= 15 is 0 Å². The summed E-state index contributed by atoms with van der Waals surface area (Å²) in [4.78, 5) is 20.2. The Hall–Kier alpha value is -0.590. The van der Waals surface area contributed by atoms with Gasteiger partial charge in [0.2, 0.25) is 5.91 Å². The number of likely N-dealkylation sites (N-methyl/N-ethyl adjacent to an activating group) is 1. The van der Waals surface area contributed by atoms with Crippen molar-refractivity contribution < 1.29 is 4.79 Å². The minimum absolute atomic E-state index is 0.00912. The highest BCUT2D eigenvalue weighted by molar-refractivity contribution is 8.00. The van der Waals surface area contributed by atoms with Crippen molar-refractivity contribution in [3.63, 3.8) is 0 Å². The number of thioether (sulfide) groups is 1. The molecule has 2 rings (SSSR count). The third-order valence-corrected chi connectivity index (χ3v) is 5.62. The average molecular weight is 313 g/mol. The van der Waals surface area contributed by atoms with E-state index in [1.165, 1.54) is 17.7 Å². The first kappa shape index (κ1) is 15.8. The Balaban J connectivity index is 1.88. The highest BCUT2D eigenvalue weighted by Gasteiger charge is 2.20. The van der Waals surface area contributed by atoms with Crippen molar-refractivity contribution in [3.8, 4) is 0 Å². The molecule has 0 spiro atoms. The summed E-state index contributed by atoms with van der Waals surface area (Å²) in [5, 5.41) is 3.72. The van der Waals surface area contributed by atoms with Gasteiger partial charge in [-0.05, 0) is 26.1 Å². The van der Waals surface area contributed by atoms with Crippen LogP contribution in [0.25, 0.3) is 0 Å². The molecular formula is C14H23N3OS2. The molecule has 1 aliphatic rings. The number of thiazole rings is 1. The molecule has 20 heavy (non-hydrogen) atoms. The number of amides is 1. The van der Waals surface area contributed by atoms with Crippen molar-refractivity contribution in [2.75, 3.05) is 24.7 Å². The molecule has 0 bridgehead atoms. The molecule has 4 nitrogen and oxygen atoms in total. The first-order valence-corrected chi connectivity index (χ1v) is 9.06. The van der Waals surface area contributed by atoms with Gasteiger partial charge in [-0.25, -0.2) is 4.98 Å². The van der Waals surface area contributed by atoms with Crippen LogP contribution in [0.4, 0.5) is 5.13 Å². The van der Waals surface area contributed by atoms with Crippen LogP contribution >= 0.6 is 23.1 Å². The van der Waals surface area contributed by atoms with E-state index in [1.807, 2.05) is 6.92 Å². The maximum atomic E-state index is 12.1. The lowest BCUT2D eigenvalue weighted by atomic mass is 10.2. The normalized spacial score (nSPS) is 16.8. The number of fused-ring (bicyclic) bond motifs is 1. The Morgan fingerprint density at radius 1 is 1.60 bits per heavy atom. The van der Waals surface area contributed by atoms with E-state index in [1.54, 1.807) is 23.1 Å². The summed E-state index contributed by atoms with van der Waals surface area (Å²) >= 11 is 3.34. The molecule has 0 radical (unpaired) electrons. The zero-order valence-electron chi connectivity index (χ0n) is 12.4. The van der Waals surface area contributed by atoms with E-state index in [-0.39, 0.29) is 11.2 Å².